The highest BCUT2D eigenvalue weighted by atomic mass is 32.2. The first-order chi connectivity index (χ1) is 16.9. The van der Waals surface area contributed by atoms with Crippen LogP contribution >= 0.6 is 0 Å². The standard InChI is InChI=1S/C26H30FN3O5S/c1-8-23(26-28-25(30-35-26)19-9-12-24(22(27)14-19)36(7,31)32)33-20-10-11-21(16(4)13-20)17(5)29-34-18(6)15(2)3/h9-15,23H,6,8H2,1-5,7H3/b29-17+. The number of aromatic nitrogens is 2. The summed E-state index contributed by atoms with van der Waals surface area (Å²) in [6.45, 7) is 13.5. The monoisotopic (exact) mass is 515 g/mol. The average Bonchev–Trinajstić information content (AvgIpc) is 3.30. The molecule has 0 aliphatic heterocycles. The van der Waals surface area contributed by atoms with Crippen LogP contribution in [0.3, 0.4) is 0 Å². The number of aryl methyl sites for hydroxylation is 1. The van der Waals surface area contributed by atoms with Gasteiger partial charge in [-0.1, -0.05) is 37.7 Å². The second kappa shape index (κ2) is 11.0. The van der Waals surface area contributed by atoms with E-state index in [-0.39, 0.29) is 22.5 Å². The van der Waals surface area contributed by atoms with Gasteiger partial charge in [-0.2, -0.15) is 4.98 Å². The Bertz CT molecular complexity index is 1400. The Kier molecular flexibility index (Phi) is 8.29. The van der Waals surface area contributed by atoms with Crippen LogP contribution in [0.25, 0.3) is 11.4 Å². The van der Waals surface area contributed by atoms with E-state index in [1.54, 1.807) is 0 Å². The van der Waals surface area contributed by atoms with E-state index in [0.29, 0.717) is 29.2 Å². The van der Waals surface area contributed by atoms with Crippen LogP contribution in [0.4, 0.5) is 4.39 Å². The third-order valence-electron chi connectivity index (χ3n) is 5.49. The molecule has 0 N–H and O–H groups in total. The van der Waals surface area contributed by atoms with Crippen LogP contribution in [0.1, 0.15) is 57.2 Å². The summed E-state index contributed by atoms with van der Waals surface area (Å²) < 4.78 is 49.1. The lowest BCUT2D eigenvalue weighted by molar-refractivity contribution is 0.154. The largest absolute Gasteiger partial charge is 0.481 e. The van der Waals surface area contributed by atoms with Crippen molar-refractivity contribution in [3.8, 4) is 17.1 Å². The molecule has 10 heteroatoms. The van der Waals surface area contributed by atoms with Crippen molar-refractivity contribution in [2.75, 3.05) is 6.26 Å². The van der Waals surface area contributed by atoms with Crippen LogP contribution in [-0.4, -0.2) is 30.5 Å². The zero-order valence-corrected chi connectivity index (χ0v) is 22.0. The molecular weight excluding hydrogens is 485 g/mol. The molecule has 0 aliphatic carbocycles. The summed E-state index contributed by atoms with van der Waals surface area (Å²) >= 11 is 0. The van der Waals surface area contributed by atoms with Gasteiger partial charge in [-0.05, 0) is 62.2 Å². The van der Waals surface area contributed by atoms with Crippen molar-refractivity contribution in [1.29, 1.82) is 0 Å². The van der Waals surface area contributed by atoms with Gasteiger partial charge in [-0.3, -0.25) is 0 Å². The predicted octanol–water partition coefficient (Wildman–Crippen LogP) is 6.03. The van der Waals surface area contributed by atoms with Crippen molar-refractivity contribution in [1.82, 2.24) is 10.1 Å². The number of oxime groups is 1. The summed E-state index contributed by atoms with van der Waals surface area (Å²) in [6, 6.07) is 9.27. The smallest absolute Gasteiger partial charge is 0.268 e. The van der Waals surface area contributed by atoms with Gasteiger partial charge in [0.05, 0.1) is 5.71 Å². The van der Waals surface area contributed by atoms with Crippen LogP contribution in [0.5, 0.6) is 5.75 Å². The summed E-state index contributed by atoms with van der Waals surface area (Å²) in [4.78, 5) is 9.35. The Balaban J connectivity index is 1.77. The van der Waals surface area contributed by atoms with Crippen LogP contribution in [0.15, 0.2) is 63.3 Å². The fourth-order valence-corrected chi connectivity index (χ4v) is 4.02. The second-order valence-corrected chi connectivity index (χ2v) is 10.7. The lowest BCUT2D eigenvalue weighted by atomic mass is 10.0. The maximum absolute atomic E-state index is 14.3. The van der Waals surface area contributed by atoms with E-state index in [2.05, 4.69) is 21.9 Å². The van der Waals surface area contributed by atoms with Crippen LogP contribution in [-0.2, 0) is 14.7 Å². The molecule has 0 saturated carbocycles. The van der Waals surface area contributed by atoms with E-state index < -0.39 is 21.8 Å². The molecule has 0 spiro atoms. The van der Waals surface area contributed by atoms with Crippen molar-refractivity contribution in [3.05, 3.63) is 71.6 Å². The van der Waals surface area contributed by atoms with Gasteiger partial charge in [0.25, 0.3) is 5.89 Å². The summed E-state index contributed by atoms with van der Waals surface area (Å²) in [5.41, 5.74) is 2.85. The number of hydrogen-bond acceptors (Lipinski definition) is 8. The topological polar surface area (TPSA) is 104 Å². The fraction of sp³-hybridized carbons (Fsp3) is 0.346. The van der Waals surface area contributed by atoms with Crippen molar-refractivity contribution < 1.29 is 26.9 Å². The number of benzene rings is 2. The number of allylic oxidation sites excluding steroid dienone is 1. The maximum atomic E-state index is 14.3. The molecule has 36 heavy (non-hydrogen) atoms. The first-order valence-electron chi connectivity index (χ1n) is 11.4. The van der Waals surface area contributed by atoms with Gasteiger partial charge in [0.15, 0.2) is 15.9 Å². The first-order valence-corrected chi connectivity index (χ1v) is 13.3. The number of sulfone groups is 1. The van der Waals surface area contributed by atoms with Gasteiger partial charge < -0.3 is 14.1 Å². The number of rotatable bonds is 10. The van der Waals surface area contributed by atoms with E-state index in [4.69, 9.17) is 14.1 Å². The predicted molar refractivity (Wildman–Crippen MR) is 135 cm³/mol. The van der Waals surface area contributed by atoms with Crippen LogP contribution in [0, 0.1) is 18.7 Å². The highest BCUT2D eigenvalue weighted by Crippen LogP contribution is 2.28. The Morgan fingerprint density at radius 1 is 1.22 bits per heavy atom. The summed E-state index contributed by atoms with van der Waals surface area (Å²) in [5.74, 6) is 0.837. The molecule has 192 valence electrons. The lowest BCUT2D eigenvalue weighted by Gasteiger charge is -2.15. The third kappa shape index (κ3) is 6.37. The lowest BCUT2D eigenvalue weighted by Crippen LogP contribution is -2.08. The maximum Gasteiger partial charge on any atom is 0.268 e. The normalized spacial score (nSPS) is 13.1. The van der Waals surface area contributed by atoms with E-state index in [0.717, 1.165) is 23.4 Å². The number of hydrogen-bond donors (Lipinski definition) is 0. The third-order valence-corrected chi connectivity index (χ3v) is 6.62. The van der Waals surface area contributed by atoms with Gasteiger partial charge in [0.1, 0.15) is 22.2 Å². The Hall–Kier alpha value is -3.53. The second-order valence-electron chi connectivity index (χ2n) is 8.75. The molecule has 0 fully saturated rings. The molecular formula is C26H30FN3O5S. The first kappa shape index (κ1) is 27.1. The number of halogens is 1. The number of nitrogens with zero attached hydrogens (tertiary/aromatic N) is 3. The zero-order valence-electron chi connectivity index (χ0n) is 21.2. The molecule has 0 aliphatic rings. The molecule has 3 aromatic rings. The molecule has 8 nitrogen and oxygen atoms in total. The minimum absolute atomic E-state index is 0.132. The molecule has 1 atom stereocenters. The van der Waals surface area contributed by atoms with E-state index in [9.17, 15) is 12.8 Å². The van der Waals surface area contributed by atoms with Gasteiger partial charge in [0.2, 0.25) is 5.82 Å². The Morgan fingerprint density at radius 2 is 1.94 bits per heavy atom. The van der Waals surface area contributed by atoms with Crippen molar-refractivity contribution in [2.24, 2.45) is 11.1 Å². The highest BCUT2D eigenvalue weighted by molar-refractivity contribution is 7.90. The molecule has 0 amide bonds. The van der Waals surface area contributed by atoms with Gasteiger partial charge >= 0.3 is 0 Å². The van der Waals surface area contributed by atoms with E-state index >= 15 is 0 Å². The molecule has 1 aromatic heterocycles. The van der Waals surface area contributed by atoms with E-state index in [1.807, 2.05) is 52.8 Å². The quantitative estimate of drug-likeness (QED) is 0.184. The molecule has 1 heterocycles. The highest BCUT2D eigenvalue weighted by Gasteiger charge is 2.22. The Labute approximate surface area is 210 Å². The summed E-state index contributed by atoms with van der Waals surface area (Å²) in [5, 5.41) is 8.08. The van der Waals surface area contributed by atoms with Gasteiger partial charge in [-0.25, -0.2) is 12.8 Å². The van der Waals surface area contributed by atoms with Gasteiger partial charge in [0, 0.05) is 23.3 Å². The van der Waals surface area contributed by atoms with Crippen molar-refractivity contribution >= 4 is 15.5 Å². The van der Waals surface area contributed by atoms with E-state index in [1.165, 1.54) is 12.1 Å². The Morgan fingerprint density at radius 3 is 2.53 bits per heavy atom. The number of ether oxygens (including phenoxy) is 1. The fourth-order valence-electron chi connectivity index (χ4n) is 3.29. The molecule has 2 aromatic carbocycles. The van der Waals surface area contributed by atoms with Crippen molar-refractivity contribution in [2.45, 2.75) is 52.0 Å². The van der Waals surface area contributed by atoms with Gasteiger partial charge in [-0.15, -0.1) is 0 Å². The minimum atomic E-state index is -3.68. The molecule has 0 saturated heterocycles. The average molecular weight is 516 g/mol. The van der Waals surface area contributed by atoms with Crippen molar-refractivity contribution in [3.63, 3.8) is 0 Å². The summed E-state index contributed by atoms with van der Waals surface area (Å²) in [7, 11) is -3.68. The molecule has 1 unspecified atom stereocenters. The minimum Gasteiger partial charge on any atom is -0.481 e. The molecule has 3 rings (SSSR count). The molecule has 0 bridgehead atoms. The van der Waals surface area contributed by atoms with Crippen LogP contribution < -0.4 is 4.74 Å². The molecule has 0 radical (unpaired) electrons. The SMILES string of the molecule is C=C(O/N=C(\C)c1ccc(OC(CC)c2nc(-c3ccc(S(C)(=O)=O)c(F)c3)no2)cc1C)C(C)C. The zero-order chi connectivity index (χ0) is 26.6. The summed E-state index contributed by atoms with van der Waals surface area (Å²) in [6.07, 6.45) is 0.944. The van der Waals surface area contributed by atoms with Crippen LogP contribution in [0.2, 0.25) is 0 Å².